The van der Waals surface area contributed by atoms with Gasteiger partial charge in [0.15, 0.2) is 0 Å². The van der Waals surface area contributed by atoms with Gasteiger partial charge in [-0.2, -0.15) is 0 Å². The van der Waals surface area contributed by atoms with Gasteiger partial charge in [-0.15, -0.1) is 0 Å². The zero-order valence-electron chi connectivity index (χ0n) is 35.8. The highest BCUT2D eigenvalue weighted by Gasteiger charge is 2.48. The normalized spacial score (nSPS) is 13.8. The van der Waals surface area contributed by atoms with Gasteiger partial charge in [-0.3, -0.25) is 0 Å². The first-order valence-corrected chi connectivity index (χ1v) is 22.7. The fraction of sp³-hybridized carbons (Fsp3) is 0.0312. The number of anilines is 3. The second-order valence-electron chi connectivity index (χ2n) is 17.5. The first kappa shape index (κ1) is 37.3. The van der Waals surface area contributed by atoms with Crippen LogP contribution in [0.3, 0.4) is 0 Å². The first-order valence-electron chi connectivity index (χ1n) is 22.7. The molecule has 13 rings (SSSR count). The molecule has 0 amide bonds. The molecule has 0 N–H and O–H groups in total. The van der Waals surface area contributed by atoms with Gasteiger partial charge in [0.1, 0.15) is 0 Å². The van der Waals surface area contributed by atoms with E-state index in [0.717, 1.165) is 17.1 Å². The highest BCUT2D eigenvalue weighted by molar-refractivity contribution is 6.09. The maximum atomic E-state index is 2.51. The largest absolute Gasteiger partial charge is 0.310 e. The van der Waals surface area contributed by atoms with Crippen molar-refractivity contribution < 1.29 is 0 Å². The lowest BCUT2D eigenvalue weighted by Crippen LogP contribution is -2.29. The summed E-state index contributed by atoms with van der Waals surface area (Å²) in [6.45, 7) is 0. The SMILES string of the molecule is c1ccc(C2(c3ccccc3)c3ccccc3-c3ccc(N(c4ccc5c(c4)C(c4ccccc4)(c4ccccc4)c4ccccc4-5)c4ccc5ccc6ccccc6c5c4)cc32)cc1. The fourth-order valence-electron chi connectivity index (χ4n) is 11.7. The Balaban J connectivity index is 1.11. The van der Waals surface area contributed by atoms with Crippen LogP contribution in [0.25, 0.3) is 43.8 Å². The highest BCUT2D eigenvalue weighted by Crippen LogP contribution is 2.59. The number of rotatable bonds is 7. The molecule has 0 heterocycles. The number of nitrogens with zero attached hydrogens (tertiary/aromatic N) is 1. The number of benzene rings is 11. The lowest BCUT2D eigenvalue weighted by Gasteiger charge is -2.36. The Labute approximate surface area is 380 Å². The van der Waals surface area contributed by atoms with Crippen molar-refractivity contribution in [3.8, 4) is 22.3 Å². The van der Waals surface area contributed by atoms with E-state index in [-0.39, 0.29) is 0 Å². The van der Waals surface area contributed by atoms with Crippen LogP contribution in [0.2, 0.25) is 0 Å². The van der Waals surface area contributed by atoms with Crippen LogP contribution in [0.15, 0.2) is 261 Å². The fourth-order valence-corrected chi connectivity index (χ4v) is 11.7. The second-order valence-corrected chi connectivity index (χ2v) is 17.5. The zero-order valence-corrected chi connectivity index (χ0v) is 35.8. The van der Waals surface area contributed by atoms with Crippen LogP contribution in [-0.4, -0.2) is 0 Å². The quantitative estimate of drug-likeness (QED) is 0.145. The molecule has 11 aromatic rings. The summed E-state index contributed by atoms with van der Waals surface area (Å²) in [7, 11) is 0. The molecule has 0 saturated heterocycles. The van der Waals surface area contributed by atoms with Gasteiger partial charge in [0.2, 0.25) is 0 Å². The molecule has 0 fully saturated rings. The molecule has 0 spiro atoms. The number of hydrogen-bond acceptors (Lipinski definition) is 1. The summed E-state index contributed by atoms with van der Waals surface area (Å²) in [5, 5.41) is 4.94. The molecule has 65 heavy (non-hydrogen) atoms. The average molecular weight is 826 g/mol. The molecule has 2 aliphatic carbocycles. The molecule has 0 atom stereocenters. The summed E-state index contributed by atoms with van der Waals surface area (Å²) in [4.78, 5) is 2.51. The van der Waals surface area contributed by atoms with Crippen LogP contribution < -0.4 is 4.90 Å². The molecule has 2 aliphatic rings. The van der Waals surface area contributed by atoms with Crippen LogP contribution in [-0.2, 0) is 10.8 Å². The Bertz CT molecular complexity index is 3330. The third-order valence-corrected chi connectivity index (χ3v) is 14.4. The smallest absolute Gasteiger partial charge is 0.0714 e. The molecule has 0 bridgehead atoms. The van der Waals surface area contributed by atoms with E-state index < -0.39 is 10.8 Å². The van der Waals surface area contributed by atoms with Gasteiger partial charge in [-0.05, 0) is 125 Å². The summed E-state index contributed by atoms with van der Waals surface area (Å²) in [6.07, 6.45) is 0. The van der Waals surface area contributed by atoms with Crippen molar-refractivity contribution in [3.63, 3.8) is 0 Å². The van der Waals surface area contributed by atoms with Gasteiger partial charge < -0.3 is 4.90 Å². The van der Waals surface area contributed by atoms with E-state index in [9.17, 15) is 0 Å². The third kappa shape index (κ3) is 5.39. The minimum Gasteiger partial charge on any atom is -0.310 e. The minimum absolute atomic E-state index is 0.537. The summed E-state index contributed by atoms with van der Waals surface area (Å²) >= 11 is 0. The highest BCUT2D eigenvalue weighted by atomic mass is 15.1. The molecule has 11 aromatic carbocycles. The number of fused-ring (bicyclic) bond motifs is 9. The average Bonchev–Trinajstić information content (AvgIpc) is 3.85. The van der Waals surface area contributed by atoms with Crippen molar-refractivity contribution in [3.05, 3.63) is 305 Å². The van der Waals surface area contributed by atoms with Crippen molar-refractivity contribution in [2.75, 3.05) is 4.90 Å². The van der Waals surface area contributed by atoms with Gasteiger partial charge >= 0.3 is 0 Å². The molecule has 304 valence electrons. The van der Waals surface area contributed by atoms with Crippen LogP contribution in [0, 0.1) is 0 Å². The lowest BCUT2D eigenvalue weighted by atomic mass is 9.67. The van der Waals surface area contributed by atoms with Crippen molar-refractivity contribution in [2.24, 2.45) is 0 Å². The topological polar surface area (TPSA) is 3.24 Å². The summed E-state index contributed by atoms with van der Waals surface area (Å²) < 4.78 is 0. The predicted molar refractivity (Wildman–Crippen MR) is 271 cm³/mol. The van der Waals surface area contributed by atoms with E-state index in [0.29, 0.717) is 0 Å². The standard InChI is InChI=1S/C64H43N/c1-5-20-46(21-6-1)63(47-22-7-2-8-23-47)59-31-17-15-29-54(59)56-39-37-51(42-61(56)63)65(50-36-35-45-34-33-44-19-13-14-28-53(44)58(45)41-50)52-38-40-57-55-30-16-18-32-60(55)64(62(57)43-52,48-24-9-3-10-25-48)49-26-11-4-12-27-49/h1-43H. The minimum atomic E-state index is -0.537. The van der Waals surface area contributed by atoms with Crippen molar-refractivity contribution in [2.45, 2.75) is 10.8 Å². The number of hydrogen-bond donors (Lipinski definition) is 0. The summed E-state index contributed by atoms with van der Waals surface area (Å²) in [5.41, 5.74) is 17.5. The molecular weight excluding hydrogens is 783 g/mol. The Morgan fingerprint density at radius 3 is 1.05 bits per heavy atom. The summed E-state index contributed by atoms with van der Waals surface area (Å²) in [5.74, 6) is 0. The molecule has 1 nitrogen and oxygen atoms in total. The van der Waals surface area contributed by atoms with Crippen LogP contribution in [0.5, 0.6) is 0 Å². The van der Waals surface area contributed by atoms with Crippen LogP contribution in [0.1, 0.15) is 44.5 Å². The van der Waals surface area contributed by atoms with Gasteiger partial charge in [0.25, 0.3) is 0 Å². The Morgan fingerprint density at radius 2 is 0.569 bits per heavy atom. The predicted octanol–water partition coefficient (Wildman–Crippen LogP) is 16.2. The lowest BCUT2D eigenvalue weighted by molar-refractivity contribution is 0.767. The third-order valence-electron chi connectivity index (χ3n) is 14.4. The summed E-state index contributed by atoms with van der Waals surface area (Å²) in [6, 6.07) is 97.2. The molecular formula is C64H43N. The Kier molecular flexibility index (Phi) is 8.41. The van der Waals surface area contributed by atoms with E-state index in [4.69, 9.17) is 0 Å². The van der Waals surface area contributed by atoms with Gasteiger partial charge in [-0.25, -0.2) is 0 Å². The molecule has 0 saturated carbocycles. The van der Waals surface area contributed by atoms with E-state index in [2.05, 4.69) is 266 Å². The van der Waals surface area contributed by atoms with E-state index in [1.54, 1.807) is 0 Å². The molecule has 0 radical (unpaired) electrons. The maximum absolute atomic E-state index is 2.51. The van der Waals surface area contributed by atoms with Gasteiger partial charge in [0, 0.05) is 17.1 Å². The van der Waals surface area contributed by atoms with Crippen LogP contribution >= 0.6 is 0 Å². The second kappa shape index (κ2) is 14.7. The van der Waals surface area contributed by atoms with E-state index in [1.165, 1.54) is 88.3 Å². The van der Waals surface area contributed by atoms with Crippen LogP contribution in [0.4, 0.5) is 17.1 Å². The van der Waals surface area contributed by atoms with Crippen molar-refractivity contribution >= 4 is 38.6 Å². The molecule has 0 unspecified atom stereocenters. The molecule has 0 aromatic heterocycles. The van der Waals surface area contributed by atoms with Gasteiger partial charge in [-0.1, -0.05) is 224 Å². The first-order chi connectivity index (χ1) is 32.2. The van der Waals surface area contributed by atoms with Gasteiger partial charge in [0.05, 0.1) is 10.8 Å². The van der Waals surface area contributed by atoms with E-state index in [1.807, 2.05) is 0 Å². The van der Waals surface area contributed by atoms with Crippen molar-refractivity contribution in [1.82, 2.24) is 0 Å². The van der Waals surface area contributed by atoms with E-state index >= 15 is 0 Å². The van der Waals surface area contributed by atoms with Crippen molar-refractivity contribution in [1.29, 1.82) is 0 Å². The maximum Gasteiger partial charge on any atom is 0.0714 e. The monoisotopic (exact) mass is 825 g/mol. The molecule has 1 heteroatoms. The zero-order chi connectivity index (χ0) is 43.0. The Morgan fingerprint density at radius 1 is 0.231 bits per heavy atom. The molecule has 0 aliphatic heterocycles. The Hall–Kier alpha value is -8.26.